The van der Waals surface area contributed by atoms with Crippen LogP contribution in [0.3, 0.4) is 0 Å². The fourth-order valence-corrected chi connectivity index (χ4v) is 4.70. The molecule has 4 rings (SSSR count). The van der Waals surface area contributed by atoms with Crippen molar-refractivity contribution in [2.24, 2.45) is 5.92 Å². The molecule has 1 fully saturated rings. The first-order valence-electron chi connectivity index (χ1n) is 11.6. The zero-order valence-corrected chi connectivity index (χ0v) is 18.8. The lowest BCUT2D eigenvalue weighted by atomic mass is 9.80. The van der Waals surface area contributed by atoms with Gasteiger partial charge in [-0.1, -0.05) is 68.3 Å². The average Bonchev–Trinajstić information content (AvgIpc) is 3.10. The molecule has 33 heavy (non-hydrogen) atoms. The van der Waals surface area contributed by atoms with Crippen LogP contribution in [0.1, 0.15) is 56.1 Å². The van der Waals surface area contributed by atoms with Gasteiger partial charge in [0.05, 0.1) is 5.92 Å². The third kappa shape index (κ3) is 5.02. The number of amides is 2. The summed E-state index contributed by atoms with van der Waals surface area (Å²) in [5.41, 5.74) is 4.57. The number of unbranched alkanes of at least 4 members (excludes halogenated alkanes) is 1. The van der Waals surface area contributed by atoms with Gasteiger partial charge in [-0.2, -0.15) is 0 Å². The Labute approximate surface area is 193 Å². The van der Waals surface area contributed by atoms with E-state index in [1.807, 2.05) is 31.2 Å². The number of rotatable bonds is 9. The van der Waals surface area contributed by atoms with Gasteiger partial charge in [0.1, 0.15) is 12.6 Å². The van der Waals surface area contributed by atoms with Gasteiger partial charge < -0.3 is 20.5 Å². The van der Waals surface area contributed by atoms with Gasteiger partial charge in [-0.05, 0) is 41.5 Å². The average molecular weight is 451 g/mol. The van der Waals surface area contributed by atoms with Gasteiger partial charge in [0.2, 0.25) is 5.91 Å². The number of carboxylic acids is 1. The van der Waals surface area contributed by atoms with Gasteiger partial charge in [-0.15, -0.1) is 0 Å². The zero-order chi connectivity index (χ0) is 23.4. The Morgan fingerprint density at radius 3 is 2.21 bits per heavy atom. The van der Waals surface area contributed by atoms with Crippen molar-refractivity contribution in [1.82, 2.24) is 10.6 Å². The van der Waals surface area contributed by atoms with Crippen molar-refractivity contribution >= 4 is 18.0 Å². The summed E-state index contributed by atoms with van der Waals surface area (Å²) in [6.07, 6.45) is 2.40. The fourth-order valence-electron chi connectivity index (χ4n) is 4.70. The molecule has 2 aromatic rings. The van der Waals surface area contributed by atoms with Crippen LogP contribution in [0, 0.1) is 5.92 Å². The Hall–Kier alpha value is -3.35. The molecule has 2 amide bonds. The van der Waals surface area contributed by atoms with E-state index in [9.17, 15) is 14.4 Å². The van der Waals surface area contributed by atoms with Gasteiger partial charge >= 0.3 is 12.1 Å². The van der Waals surface area contributed by atoms with E-state index in [-0.39, 0.29) is 24.5 Å². The number of hydrogen-bond acceptors (Lipinski definition) is 4. The SMILES string of the molecule is CCCC[C@H](NC(=O)OCC1c2ccccc2-c2ccccc21)C(=O)NC1CC(C(=O)O)C1. The van der Waals surface area contributed by atoms with E-state index in [0.717, 1.165) is 35.1 Å². The molecule has 0 radical (unpaired) electrons. The summed E-state index contributed by atoms with van der Waals surface area (Å²) in [6, 6.07) is 15.4. The minimum Gasteiger partial charge on any atom is -0.481 e. The van der Waals surface area contributed by atoms with Gasteiger partial charge in [0, 0.05) is 12.0 Å². The highest BCUT2D eigenvalue weighted by Crippen LogP contribution is 2.44. The Morgan fingerprint density at radius 1 is 1.03 bits per heavy atom. The summed E-state index contributed by atoms with van der Waals surface area (Å²) in [5.74, 6) is -1.57. The maximum atomic E-state index is 12.7. The first-order valence-corrected chi connectivity index (χ1v) is 11.6. The molecular formula is C26H30N2O5. The molecule has 0 aromatic heterocycles. The fraction of sp³-hybridized carbons (Fsp3) is 0.423. The standard InChI is InChI=1S/C26H30N2O5/c1-2-3-12-23(24(29)27-17-13-16(14-17)25(30)31)28-26(32)33-15-22-20-10-6-4-8-18(20)19-9-5-7-11-21(19)22/h4-11,16-17,22-23H,2-3,12-15H2,1H3,(H,27,29)(H,28,32)(H,30,31)/t16?,17?,23-/m0/s1. The molecular weight excluding hydrogens is 420 g/mol. The number of aliphatic carboxylic acids is 1. The maximum Gasteiger partial charge on any atom is 0.407 e. The Balaban J connectivity index is 1.35. The van der Waals surface area contributed by atoms with Crippen LogP contribution in [0.4, 0.5) is 4.79 Å². The smallest absolute Gasteiger partial charge is 0.407 e. The van der Waals surface area contributed by atoms with Gasteiger partial charge in [0.25, 0.3) is 0 Å². The lowest BCUT2D eigenvalue weighted by molar-refractivity contribution is -0.146. The summed E-state index contributed by atoms with van der Waals surface area (Å²) < 4.78 is 5.59. The van der Waals surface area contributed by atoms with Crippen LogP contribution in [-0.2, 0) is 14.3 Å². The maximum absolute atomic E-state index is 12.7. The summed E-state index contributed by atoms with van der Waals surface area (Å²) in [5, 5.41) is 14.6. The number of hydrogen-bond donors (Lipinski definition) is 3. The first kappa shape index (κ1) is 22.8. The Kier molecular flexibility index (Phi) is 6.96. The predicted octanol–water partition coefficient (Wildman–Crippen LogP) is 4.06. The minimum absolute atomic E-state index is 0.0472. The van der Waals surface area contributed by atoms with E-state index in [0.29, 0.717) is 19.3 Å². The van der Waals surface area contributed by atoms with Crippen LogP contribution in [0.2, 0.25) is 0 Å². The highest BCUT2D eigenvalue weighted by molar-refractivity contribution is 5.86. The van der Waals surface area contributed by atoms with Crippen LogP contribution in [-0.4, -0.2) is 41.8 Å². The highest BCUT2D eigenvalue weighted by atomic mass is 16.5. The van der Waals surface area contributed by atoms with Gasteiger partial charge in [-0.25, -0.2) is 4.79 Å². The summed E-state index contributed by atoms with van der Waals surface area (Å²) in [7, 11) is 0. The quantitative estimate of drug-likeness (QED) is 0.534. The topological polar surface area (TPSA) is 105 Å². The number of carbonyl (C=O) groups excluding carboxylic acids is 2. The van der Waals surface area contributed by atoms with E-state index in [1.165, 1.54) is 0 Å². The molecule has 174 valence electrons. The molecule has 0 saturated heterocycles. The summed E-state index contributed by atoms with van der Waals surface area (Å²) in [6.45, 7) is 2.20. The van der Waals surface area contributed by atoms with E-state index in [2.05, 4.69) is 34.9 Å². The molecule has 1 atom stereocenters. The Morgan fingerprint density at radius 2 is 1.64 bits per heavy atom. The van der Waals surface area contributed by atoms with Crippen molar-refractivity contribution in [3.8, 4) is 11.1 Å². The number of carbonyl (C=O) groups is 3. The van der Waals surface area contributed by atoms with Crippen molar-refractivity contribution in [3.05, 3.63) is 59.7 Å². The second-order valence-corrected chi connectivity index (χ2v) is 8.88. The summed E-state index contributed by atoms with van der Waals surface area (Å²) >= 11 is 0. The second kappa shape index (κ2) is 10.1. The van der Waals surface area contributed by atoms with Crippen molar-refractivity contribution in [2.75, 3.05) is 6.61 Å². The largest absolute Gasteiger partial charge is 0.481 e. The van der Waals surface area contributed by atoms with Crippen molar-refractivity contribution in [2.45, 2.75) is 57.0 Å². The van der Waals surface area contributed by atoms with E-state index in [1.54, 1.807) is 0 Å². The molecule has 0 heterocycles. The molecule has 0 spiro atoms. The summed E-state index contributed by atoms with van der Waals surface area (Å²) in [4.78, 5) is 36.3. The molecule has 1 saturated carbocycles. The lowest BCUT2D eigenvalue weighted by Crippen LogP contribution is -2.53. The molecule has 2 aromatic carbocycles. The van der Waals surface area contributed by atoms with Crippen molar-refractivity contribution in [3.63, 3.8) is 0 Å². The van der Waals surface area contributed by atoms with E-state index < -0.39 is 24.0 Å². The second-order valence-electron chi connectivity index (χ2n) is 8.88. The molecule has 0 bridgehead atoms. The van der Waals surface area contributed by atoms with Gasteiger partial charge in [0.15, 0.2) is 0 Å². The van der Waals surface area contributed by atoms with Crippen molar-refractivity contribution in [1.29, 1.82) is 0 Å². The number of benzene rings is 2. The molecule has 2 aliphatic carbocycles. The molecule has 3 N–H and O–H groups in total. The van der Waals surface area contributed by atoms with Crippen molar-refractivity contribution < 1.29 is 24.2 Å². The third-order valence-electron chi connectivity index (χ3n) is 6.63. The molecule has 2 aliphatic rings. The lowest BCUT2D eigenvalue weighted by Gasteiger charge is -2.34. The number of nitrogens with one attached hydrogen (secondary N) is 2. The normalized spacial score (nSPS) is 19.5. The Bertz CT molecular complexity index is 985. The van der Waals surface area contributed by atoms with Crippen LogP contribution < -0.4 is 10.6 Å². The number of alkyl carbamates (subject to hydrolysis) is 1. The zero-order valence-electron chi connectivity index (χ0n) is 18.8. The first-order chi connectivity index (χ1) is 16.0. The van der Waals surface area contributed by atoms with Crippen LogP contribution in [0.5, 0.6) is 0 Å². The number of ether oxygens (including phenoxy) is 1. The monoisotopic (exact) mass is 450 g/mol. The number of carboxylic acid groups (broad SMARTS) is 1. The molecule has 7 heteroatoms. The highest BCUT2D eigenvalue weighted by Gasteiger charge is 2.36. The number of fused-ring (bicyclic) bond motifs is 3. The minimum atomic E-state index is -0.834. The van der Waals surface area contributed by atoms with Gasteiger partial charge in [-0.3, -0.25) is 9.59 Å². The van der Waals surface area contributed by atoms with Crippen LogP contribution in [0.15, 0.2) is 48.5 Å². The van der Waals surface area contributed by atoms with Crippen LogP contribution >= 0.6 is 0 Å². The third-order valence-corrected chi connectivity index (χ3v) is 6.63. The molecule has 0 unspecified atom stereocenters. The predicted molar refractivity (Wildman–Crippen MR) is 124 cm³/mol. The molecule has 7 nitrogen and oxygen atoms in total. The van der Waals surface area contributed by atoms with E-state index >= 15 is 0 Å². The van der Waals surface area contributed by atoms with Crippen LogP contribution in [0.25, 0.3) is 11.1 Å². The van der Waals surface area contributed by atoms with E-state index in [4.69, 9.17) is 9.84 Å². The molecule has 0 aliphatic heterocycles.